The van der Waals surface area contributed by atoms with Crippen molar-refractivity contribution in [3.05, 3.63) is 0 Å². The van der Waals surface area contributed by atoms with Crippen LogP contribution in [0.1, 0.15) is 20.3 Å². The van der Waals surface area contributed by atoms with Gasteiger partial charge >= 0.3 is 0 Å². The summed E-state index contributed by atoms with van der Waals surface area (Å²) < 4.78 is 0. The van der Waals surface area contributed by atoms with E-state index in [1.807, 2.05) is 7.05 Å². The molecule has 4 nitrogen and oxygen atoms in total. The predicted molar refractivity (Wildman–Crippen MR) is 59.0 cm³/mol. The molecule has 0 rings (SSSR count). The fraction of sp³-hybridized carbons (Fsp3) is 0.900. The Balaban J connectivity index is 4.04. The number of hydrogen-bond acceptors (Lipinski definition) is 3. The number of rotatable bonds is 6. The molecule has 84 valence electrons. The van der Waals surface area contributed by atoms with Crippen LogP contribution in [-0.2, 0) is 4.79 Å². The smallest absolute Gasteiger partial charge is 0.221 e. The average molecular weight is 201 g/mol. The molecule has 0 aliphatic rings. The number of nitrogens with two attached hydrogens (primary N) is 1. The second kappa shape index (κ2) is 6.79. The van der Waals surface area contributed by atoms with Gasteiger partial charge in [-0.3, -0.25) is 4.79 Å². The van der Waals surface area contributed by atoms with Crippen LogP contribution in [-0.4, -0.2) is 44.0 Å². The van der Waals surface area contributed by atoms with Crippen LogP contribution >= 0.6 is 0 Å². The zero-order chi connectivity index (χ0) is 11.1. The van der Waals surface area contributed by atoms with Crippen LogP contribution in [0, 0.1) is 5.92 Å². The van der Waals surface area contributed by atoms with Crippen molar-refractivity contribution in [3.8, 4) is 0 Å². The minimum Gasteiger partial charge on any atom is -0.359 e. The van der Waals surface area contributed by atoms with Crippen LogP contribution in [0.5, 0.6) is 0 Å². The number of hydrogen-bond donors (Lipinski definition) is 2. The van der Waals surface area contributed by atoms with Crippen molar-refractivity contribution in [2.24, 2.45) is 11.7 Å². The Kier molecular flexibility index (Phi) is 6.49. The third kappa shape index (κ3) is 5.19. The Morgan fingerprint density at radius 1 is 1.50 bits per heavy atom. The van der Waals surface area contributed by atoms with Gasteiger partial charge in [0.25, 0.3) is 0 Å². The van der Waals surface area contributed by atoms with Gasteiger partial charge in [-0.2, -0.15) is 0 Å². The maximum atomic E-state index is 11.2. The van der Waals surface area contributed by atoms with Gasteiger partial charge in [0.2, 0.25) is 5.91 Å². The van der Waals surface area contributed by atoms with E-state index in [0.717, 1.165) is 6.54 Å². The summed E-state index contributed by atoms with van der Waals surface area (Å²) in [5.74, 6) is 0.648. The van der Waals surface area contributed by atoms with Crippen LogP contribution in [0.3, 0.4) is 0 Å². The average Bonchev–Trinajstić information content (AvgIpc) is 2.12. The first-order valence-corrected chi connectivity index (χ1v) is 5.12. The molecule has 0 aliphatic heterocycles. The van der Waals surface area contributed by atoms with E-state index in [0.29, 0.717) is 18.9 Å². The van der Waals surface area contributed by atoms with Gasteiger partial charge in [0.1, 0.15) is 0 Å². The molecule has 0 aromatic carbocycles. The Bertz CT molecular complexity index is 171. The van der Waals surface area contributed by atoms with E-state index in [1.54, 1.807) is 7.05 Å². The number of amides is 1. The van der Waals surface area contributed by atoms with Crippen molar-refractivity contribution in [1.82, 2.24) is 10.2 Å². The molecule has 0 heterocycles. The zero-order valence-electron chi connectivity index (χ0n) is 9.71. The maximum absolute atomic E-state index is 11.2. The topological polar surface area (TPSA) is 58.4 Å². The quantitative estimate of drug-likeness (QED) is 0.638. The minimum absolute atomic E-state index is 0.0519. The van der Waals surface area contributed by atoms with Crippen molar-refractivity contribution in [1.29, 1.82) is 0 Å². The molecule has 1 atom stereocenters. The number of carbonyl (C=O) groups is 1. The zero-order valence-corrected chi connectivity index (χ0v) is 9.71. The van der Waals surface area contributed by atoms with Crippen LogP contribution in [0.15, 0.2) is 0 Å². The fourth-order valence-corrected chi connectivity index (χ4v) is 1.46. The van der Waals surface area contributed by atoms with Crippen molar-refractivity contribution < 1.29 is 4.79 Å². The molecule has 1 amide bonds. The van der Waals surface area contributed by atoms with Crippen LogP contribution < -0.4 is 11.1 Å². The summed E-state index contributed by atoms with van der Waals surface area (Å²) in [5.41, 5.74) is 5.63. The highest BCUT2D eigenvalue weighted by atomic mass is 16.1. The number of carbonyl (C=O) groups excluding carboxylic acids is 1. The highest BCUT2D eigenvalue weighted by molar-refractivity contribution is 5.76. The highest BCUT2D eigenvalue weighted by Crippen LogP contribution is 2.04. The minimum atomic E-state index is 0.0519. The summed E-state index contributed by atoms with van der Waals surface area (Å²) in [4.78, 5) is 13.3. The fourth-order valence-electron chi connectivity index (χ4n) is 1.46. The molecule has 0 bridgehead atoms. The van der Waals surface area contributed by atoms with Gasteiger partial charge in [-0.05, 0) is 13.0 Å². The van der Waals surface area contributed by atoms with Crippen LogP contribution in [0.25, 0.3) is 0 Å². The SMILES string of the molecule is CNC(=O)CC(CN)N(C)CC(C)C. The molecule has 0 aromatic rings. The Labute approximate surface area is 86.8 Å². The lowest BCUT2D eigenvalue weighted by Crippen LogP contribution is -2.42. The molecule has 0 saturated carbocycles. The molecule has 0 aliphatic carbocycles. The van der Waals surface area contributed by atoms with E-state index in [4.69, 9.17) is 5.73 Å². The molecule has 0 spiro atoms. The standard InChI is InChI=1S/C10H23N3O/c1-8(2)7-13(4)9(6-11)5-10(14)12-3/h8-9H,5-7,11H2,1-4H3,(H,12,14). The summed E-state index contributed by atoms with van der Waals surface area (Å²) in [6.45, 7) is 5.81. The number of nitrogens with zero attached hydrogens (tertiary/aromatic N) is 1. The van der Waals surface area contributed by atoms with Gasteiger partial charge in [-0.1, -0.05) is 13.8 Å². The number of likely N-dealkylation sites (N-methyl/N-ethyl adjacent to an activating group) is 1. The molecule has 1 unspecified atom stereocenters. The van der Waals surface area contributed by atoms with E-state index in [1.165, 1.54) is 0 Å². The van der Waals surface area contributed by atoms with E-state index in [9.17, 15) is 4.79 Å². The van der Waals surface area contributed by atoms with Crippen molar-refractivity contribution in [2.75, 3.05) is 27.2 Å². The molecular formula is C10H23N3O. The first kappa shape index (κ1) is 13.4. The Morgan fingerprint density at radius 3 is 2.43 bits per heavy atom. The van der Waals surface area contributed by atoms with Gasteiger partial charge in [0.15, 0.2) is 0 Å². The lowest BCUT2D eigenvalue weighted by atomic mass is 10.1. The molecule has 0 aromatic heterocycles. The molecular weight excluding hydrogens is 178 g/mol. The van der Waals surface area contributed by atoms with Crippen molar-refractivity contribution in [2.45, 2.75) is 26.3 Å². The van der Waals surface area contributed by atoms with E-state index < -0.39 is 0 Å². The van der Waals surface area contributed by atoms with Gasteiger partial charge in [-0.15, -0.1) is 0 Å². The molecule has 0 fully saturated rings. The maximum Gasteiger partial charge on any atom is 0.221 e. The Hall–Kier alpha value is -0.610. The van der Waals surface area contributed by atoms with E-state index in [-0.39, 0.29) is 11.9 Å². The first-order chi connectivity index (χ1) is 6.51. The monoisotopic (exact) mass is 201 g/mol. The van der Waals surface area contributed by atoms with E-state index >= 15 is 0 Å². The Morgan fingerprint density at radius 2 is 2.07 bits per heavy atom. The third-order valence-electron chi connectivity index (χ3n) is 2.25. The number of nitrogens with one attached hydrogen (secondary N) is 1. The predicted octanol–water partition coefficient (Wildman–Crippen LogP) is 0.0376. The van der Waals surface area contributed by atoms with Gasteiger partial charge in [-0.25, -0.2) is 0 Å². The normalized spacial score (nSPS) is 13.4. The second-order valence-corrected chi connectivity index (χ2v) is 4.10. The molecule has 4 heteroatoms. The van der Waals surface area contributed by atoms with Crippen LogP contribution in [0.2, 0.25) is 0 Å². The summed E-state index contributed by atoms with van der Waals surface area (Å²) in [5, 5.41) is 2.62. The van der Waals surface area contributed by atoms with Gasteiger partial charge < -0.3 is 16.0 Å². The molecule has 0 radical (unpaired) electrons. The lowest BCUT2D eigenvalue weighted by Gasteiger charge is -2.27. The van der Waals surface area contributed by atoms with Gasteiger partial charge in [0.05, 0.1) is 0 Å². The summed E-state index contributed by atoms with van der Waals surface area (Å²) in [6.07, 6.45) is 0.482. The summed E-state index contributed by atoms with van der Waals surface area (Å²) in [7, 11) is 3.67. The first-order valence-electron chi connectivity index (χ1n) is 5.12. The second-order valence-electron chi connectivity index (χ2n) is 4.10. The third-order valence-corrected chi connectivity index (χ3v) is 2.25. The van der Waals surface area contributed by atoms with E-state index in [2.05, 4.69) is 24.1 Å². The van der Waals surface area contributed by atoms with Crippen LogP contribution in [0.4, 0.5) is 0 Å². The summed E-state index contributed by atoms with van der Waals surface area (Å²) >= 11 is 0. The van der Waals surface area contributed by atoms with Crippen molar-refractivity contribution >= 4 is 5.91 Å². The molecule has 14 heavy (non-hydrogen) atoms. The largest absolute Gasteiger partial charge is 0.359 e. The van der Waals surface area contributed by atoms with Crippen molar-refractivity contribution in [3.63, 3.8) is 0 Å². The lowest BCUT2D eigenvalue weighted by molar-refractivity contribution is -0.121. The molecule has 0 saturated heterocycles. The molecule has 3 N–H and O–H groups in total. The highest BCUT2D eigenvalue weighted by Gasteiger charge is 2.16. The summed E-state index contributed by atoms with van der Waals surface area (Å²) in [6, 6.07) is 0.150. The van der Waals surface area contributed by atoms with Gasteiger partial charge in [0, 0.05) is 32.6 Å².